The molecule has 4 nitrogen and oxygen atoms in total. The molecule has 0 radical (unpaired) electrons. The van der Waals surface area contributed by atoms with Gasteiger partial charge in [0.15, 0.2) is 0 Å². The van der Waals surface area contributed by atoms with Crippen molar-refractivity contribution in [2.75, 3.05) is 6.61 Å². The molecule has 114 valence electrons. The van der Waals surface area contributed by atoms with Gasteiger partial charge in [-0.25, -0.2) is 0 Å². The molecule has 0 aromatic carbocycles. The van der Waals surface area contributed by atoms with E-state index in [1.807, 2.05) is 6.92 Å². The minimum Gasteiger partial charge on any atom is -0.466 e. The zero-order chi connectivity index (χ0) is 15.0. The topological polar surface area (TPSA) is 44.8 Å². The predicted molar refractivity (Wildman–Crippen MR) is 78.4 cm³/mol. The molecule has 0 aromatic rings. The summed E-state index contributed by atoms with van der Waals surface area (Å²) in [7, 11) is -0.297. The number of ether oxygens (including phenoxy) is 1. The van der Waals surface area contributed by atoms with Gasteiger partial charge in [-0.05, 0) is 41.0 Å². The highest BCUT2D eigenvalue weighted by Crippen LogP contribution is 2.46. The molecule has 0 N–H and O–H groups in total. The SMILES string of the molecule is CCOC(=O)[C@H]1CCCC[C@H]1B1OC(C)(C)C(C)(C)O1. The first-order valence-electron chi connectivity index (χ1n) is 7.81. The van der Waals surface area contributed by atoms with Crippen molar-refractivity contribution in [3.8, 4) is 0 Å². The lowest BCUT2D eigenvalue weighted by Crippen LogP contribution is -2.41. The van der Waals surface area contributed by atoms with Crippen LogP contribution in [0.15, 0.2) is 0 Å². The van der Waals surface area contributed by atoms with Gasteiger partial charge in [-0.2, -0.15) is 0 Å². The van der Waals surface area contributed by atoms with Gasteiger partial charge in [0, 0.05) is 5.82 Å². The van der Waals surface area contributed by atoms with E-state index in [9.17, 15) is 4.79 Å². The summed E-state index contributed by atoms with van der Waals surface area (Å²) >= 11 is 0. The van der Waals surface area contributed by atoms with Crippen LogP contribution in [0.5, 0.6) is 0 Å². The fraction of sp³-hybridized carbons (Fsp3) is 0.933. The fourth-order valence-electron chi connectivity index (χ4n) is 3.09. The van der Waals surface area contributed by atoms with Crippen LogP contribution >= 0.6 is 0 Å². The standard InChI is InChI=1S/C15H27BO4/c1-6-18-13(17)11-9-7-8-10-12(11)16-19-14(2,3)15(4,5)20-16/h11-12H,6-10H2,1-5H3/t11-,12+/m0/s1. The third kappa shape index (κ3) is 2.89. The maximum Gasteiger partial charge on any atom is 0.462 e. The van der Waals surface area contributed by atoms with Gasteiger partial charge in [0.1, 0.15) is 0 Å². The zero-order valence-electron chi connectivity index (χ0n) is 13.4. The predicted octanol–water partition coefficient (Wildman–Crippen LogP) is 3.20. The Kier molecular flexibility index (Phi) is 4.50. The maximum absolute atomic E-state index is 12.2. The molecule has 0 aromatic heterocycles. The lowest BCUT2D eigenvalue weighted by atomic mass is 9.59. The molecule has 0 spiro atoms. The summed E-state index contributed by atoms with van der Waals surface area (Å²) in [5, 5.41) is 0. The lowest BCUT2D eigenvalue weighted by molar-refractivity contribution is -0.149. The van der Waals surface area contributed by atoms with Crippen LogP contribution in [0.3, 0.4) is 0 Å². The molecule has 2 rings (SSSR count). The van der Waals surface area contributed by atoms with E-state index in [1.54, 1.807) is 0 Å². The largest absolute Gasteiger partial charge is 0.466 e. The van der Waals surface area contributed by atoms with Crippen LogP contribution in [0.4, 0.5) is 0 Å². The summed E-state index contributed by atoms with van der Waals surface area (Å²) < 4.78 is 17.5. The second kappa shape index (κ2) is 5.68. The van der Waals surface area contributed by atoms with Crippen LogP contribution in [0.2, 0.25) is 5.82 Å². The van der Waals surface area contributed by atoms with Crippen molar-refractivity contribution in [1.29, 1.82) is 0 Å². The Balaban J connectivity index is 2.12. The van der Waals surface area contributed by atoms with E-state index in [0.29, 0.717) is 6.61 Å². The molecule has 0 amide bonds. The van der Waals surface area contributed by atoms with Crippen molar-refractivity contribution in [3.63, 3.8) is 0 Å². The summed E-state index contributed by atoms with van der Waals surface area (Å²) in [5.41, 5.74) is -0.678. The summed E-state index contributed by atoms with van der Waals surface area (Å²) in [6, 6.07) is 0. The van der Waals surface area contributed by atoms with Crippen molar-refractivity contribution in [2.24, 2.45) is 5.92 Å². The monoisotopic (exact) mass is 282 g/mol. The van der Waals surface area contributed by atoms with Crippen molar-refractivity contribution in [1.82, 2.24) is 0 Å². The van der Waals surface area contributed by atoms with Gasteiger partial charge < -0.3 is 14.0 Å². The highest BCUT2D eigenvalue weighted by molar-refractivity contribution is 6.48. The second-order valence-corrected chi connectivity index (χ2v) is 6.93. The smallest absolute Gasteiger partial charge is 0.462 e. The molecule has 2 fully saturated rings. The Labute approximate surface area is 122 Å². The van der Waals surface area contributed by atoms with Crippen LogP contribution < -0.4 is 0 Å². The van der Waals surface area contributed by atoms with Crippen molar-refractivity contribution in [2.45, 2.75) is 77.3 Å². The first-order valence-corrected chi connectivity index (χ1v) is 7.81. The van der Waals surface area contributed by atoms with Crippen LogP contribution in [-0.2, 0) is 18.8 Å². The number of esters is 1. The summed E-state index contributed by atoms with van der Waals surface area (Å²) in [6.45, 7) is 10.5. The van der Waals surface area contributed by atoms with Crippen molar-refractivity contribution in [3.05, 3.63) is 0 Å². The van der Waals surface area contributed by atoms with Gasteiger partial charge in [-0.15, -0.1) is 0 Å². The van der Waals surface area contributed by atoms with Gasteiger partial charge in [-0.3, -0.25) is 4.79 Å². The molecule has 2 atom stereocenters. The van der Waals surface area contributed by atoms with E-state index in [1.165, 1.54) is 0 Å². The molecular formula is C15H27BO4. The highest BCUT2D eigenvalue weighted by atomic mass is 16.7. The van der Waals surface area contributed by atoms with Crippen molar-refractivity contribution >= 4 is 13.1 Å². The van der Waals surface area contributed by atoms with Crippen LogP contribution in [-0.4, -0.2) is 30.9 Å². The molecule has 1 heterocycles. The van der Waals surface area contributed by atoms with Crippen LogP contribution in [0.1, 0.15) is 60.3 Å². The number of hydrogen-bond acceptors (Lipinski definition) is 4. The minimum absolute atomic E-state index is 0.0848. The highest BCUT2D eigenvalue weighted by Gasteiger charge is 2.56. The average Bonchev–Trinajstić information content (AvgIpc) is 2.59. The molecule has 0 unspecified atom stereocenters. The third-order valence-electron chi connectivity index (χ3n) is 5.03. The summed E-state index contributed by atoms with van der Waals surface area (Å²) in [4.78, 5) is 12.2. The summed E-state index contributed by atoms with van der Waals surface area (Å²) in [6.07, 6.45) is 4.07. The molecule has 5 heteroatoms. The Hall–Kier alpha value is -0.545. The van der Waals surface area contributed by atoms with E-state index in [4.69, 9.17) is 14.0 Å². The van der Waals surface area contributed by atoms with Gasteiger partial charge in [0.2, 0.25) is 0 Å². The molecule has 1 saturated heterocycles. The Morgan fingerprint density at radius 2 is 1.70 bits per heavy atom. The first kappa shape index (κ1) is 15.8. The molecule has 2 aliphatic rings. The first-order chi connectivity index (χ1) is 9.28. The normalized spacial score (nSPS) is 32.1. The number of carbonyl (C=O) groups excluding carboxylic acids is 1. The number of carbonyl (C=O) groups is 1. The molecule has 1 aliphatic carbocycles. The summed E-state index contributed by atoms with van der Waals surface area (Å²) in [5.74, 6) is -0.0610. The Bertz CT molecular complexity index is 351. The fourth-order valence-corrected chi connectivity index (χ4v) is 3.09. The van der Waals surface area contributed by atoms with E-state index in [2.05, 4.69) is 27.7 Å². The van der Waals surface area contributed by atoms with E-state index in [0.717, 1.165) is 25.7 Å². The molecule has 1 saturated carbocycles. The van der Waals surface area contributed by atoms with Gasteiger partial charge in [0.05, 0.1) is 23.7 Å². The number of hydrogen-bond donors (Lipinski definition) is 0. The van der Waals surface area contributed by atoms with Gasteiger partial charge >= 0.3 is 13.1 Å². The van der Waals surface area contributed by atoms with Gasteiger partial charge in [0.25, 0.3) is 0 Å². The van der Waals surface area contributed by atoms with E-state index < -0.39 is 0 Å². The Morgan fingerprint density at radius 1 is 1.15 bits per heavy atom. The van der Waals surface area contributed by atoms with Crippen LogP contribution in [0.25, 0.3) is 0 Å². The average molecular weight is 282 g/mol. The molecule has 20 heavy (non-hydrogen) atoms. The third-order valence-corrected chi connectivity index (χ3v) is 5.03. The van der Waals surface area contributed by atoms with E-state index in [-0.39, 0.29) is 36.0 Å². The Morgan fingerprint density at radius 3 is 2.25 bits per heavy atom. The zero-order valence-corrected chi connectivity index (χ0v) is 13.4. The van der Waals surface area contributed by atoms with Crippen LogP contribution in [0, 0.1) is 5.92 Å². The maximum atomic E-state index is 12.2. The number of rotatable bonds is 3. The quantitative estimate of drug-likeness (QED) is 0.589. The van der Waals surface area contributed by atoms with Crippen molar-refractivity contribution < 1.29 is 18.8 Å². The molecule has 1 aliphatic heterocycles. The molecule has 0 bridgehead atoms. The molecular weight excluding hydrogens is 255 g/mol. The lowest BCUT2D eigenvalue weighted by Gasteiger charge is -2.32. The van der Waals surface area contributed by atoms with Gasteiger partial charge in [-0.1, -0.05) is 19.3 Å². The minimum atomic E-state index is -0.339. The van der Waals surface area contributed by atoms with E-state index >= 15 is 0 Å². The second-order valence-electron chi connectivity index (χ2n) is 6.93.